The summed E-state index contributed by atoms with van der Waals surface area (Å²) >= 11 is 0. The largest absolute Gasteiger partial charge is 0.480 e. The van der Waals surface area contributed by atoms with Gasteiger partial charge >= 0.3 is 5.97 Å². The van der Waals surface area contributed by atoms with Crippen LogP contribution in [0.2, 0.25) is 0 Å². The zero-order valence-corrected chi connectivity index (χ0v) is 16.4. The second kappa shape index (κ2) is 7.47. The van der Waals surface area contributed by atoms with Crippen molar-refractivity contribution >= 4 is 18.0 Å². The number of hydrogen-bond acceptors (Lipinski definition) is 3. The molecule has 27 heavy (non-hydrogen) atoms. The predicted octanol–water partition coefficient (Wildman–Crippen LogP) is 3.94. The third-order valence-electron chi connectivity index (χ3n) is 5.99. The van der Waals surface area contributed by atoms with Crippen LogP contribution in [0.4, 0.5) is 0 Å². The Morgan fingerprint density at radius 1 is 1.19 bits per heavy atom. The summed E-state index contributed by atoms with van der Waals surface area (Å²) in [7, 11) is 0. The second-order valence-corrected chi connectivity index (χ2v) is 8.70. The molecule has 1 aromatic carbocycles. The number of carbonyl (C=O) groups is 2. The van der Waals surface area contributed by atoms with Crippen LogP contribution in [0, 0.1) is 11.3 Å². The minimum Gasteiger partial charge on any atom is -0.480 e. The highest BCUT2D eigenvalue weighted by atomic mass is 16.5. The third-order valence-corrected chi connectivity index (χ3v) is 5.99. The molecule has 3 rings (SSSR count). The number of aliphatic carboxylic acids is 1. The van der Waals surface area contributed by atoms with Gasteiger partial charge in [-0.25, -0.2) is 4.79 Å². The fraction of sp³-hybridized carbons (Fsp3) is 0.545. The fourth-order valence-corrected chi connectivity index (χ4v) is 4.33. The van der Waals surface area contributed by atoms with Crippen LogP contribution >= 0.6 is 0 Å². The smallest absolute Gasteiger partial charge is 0.328 e. The van der Waals surface area contributed by atoms with Crippen molar-refractivity contribution in [2.75, 3.05) is 6.61 Å². The highest BCUT2D eigenvalue weighted by Crippen LogP contribution is 2.47. The van der Waals surface area contributed by atoms with Gasteiger partial charge in [0.15, 0.2) is 6.04 Å². The third kappa shape index (κ3) is 4.08. The Morgan fingerprint density at radius 3 is 2.37 bits per heavy atom. The standard InChI is InChI=1S/C22H29NO4/c1-21(2,3)17-11-13-22(14-12-17)23(18(15-27-22)20(25)26)19(24)10-9-16-7-5-4-6-8-16/h4-10,17-18H,11-15H2,1-3H3,(H,25,26)/b10-9-/t17?,18-,22?/m0/s1. The highest BCUT2D eigenvalue weighted by Gasteiger charge is 2.54. The highest BCUT2D eigenvalue weighted by molar-refractivity contribution is 5.95. The van der Waals surface area contributed by atoms with Gasteiger partial charge in [-0.15, -0.1) is 0 Å². The average Bonchev–Trinajstić information content (AvgIpc) is 2.99. The summed E-state index contributed by atoms with van der Waals surface area (Å²) in [6, 6.07) is 8.60. The first-order valence-electron chi connectivity index (χ1n) is 9.66. The van der Waals surface area contributed by atoms with Crippen LogP contribution in [0.1, 0.15) is 52.0 Å². The van der Waals surface area contributed by atoms with Crippen molar-refractivity contribution in [2.24, 2.45) is 11.3 Å². The Bertz CT molecular complexity index is 712. The van der Waals surface area contributed by atoms with Crippen LogP contribution in [0.5, 0.6) is 0 Å². The molecule has 0 aromatic heterocycles. The first kappa shape index (κ1) is 19.6. The lowest BCUT2D eigenvalue weighted by molar-refractivity contribution is -0.162. The lowest BCUT2D eigenvalue weighted by atomic mass is 9.70. The van der Waals surface area contributed by atoms with E-state index in [-0.39, 0.29) is 17.9 Å². The van der Waals surface area contributed by atoms with Crippen molar-refractivity contribution in [3.63, 3.8) is 0 Å². The van der Waals surface area contributed by atoms with E-state index in [0.717, 1.165) is 18.4 Å². The number of ether oxygens (including phenoxy) is 1. The first-order chi connectivity index (χ1) is 12.7. The number of hydrogen-bond donors (Lipinski definition) is 1. The molecule has 5 nitrogen and oxygen atoms in total. The summed E-state index contributed by atoms with van der Waals surface area (Å²) in [4.78, 5) is 26.2. The van der Waals surface area contributed by atoms with E-state index in [2.05, 4.69) is 20.8 Å². The van der Waals surface area contributed by atoms with Gasteiger partial charge in [-0.3, -0.25) is 9.69 Å². The summed E-state index contributed by atoms with van der Waals surface area (Å²) in [5, 5.41) is 9.62. The molecular weight excluding hydrogens is 342 g/mol. The minimum atomic E-state index is -1.01. The normalized spacial score (nSPS) is 28.8. The minimum absolute atomic E-state index is 0.0560. The van der Waals surface area contributed by atoms with Crippen LogP contribution in [0.15, 0.2) is 36.4 Å². The van der Waals surface area contributed by atoms with Gasteiger partial charge in [0.1, 0.15) is 5.72 Å². The van der Waals surface area contributed by atoms with Gasteiger partial charge < -0.3 is 9.84 Å². The Kier molecular flexibility index (Phi) is 5.43. The number of rotatable bonds is 3. The Hall–Kier alpha value is -2.14. The van der Waals surface area contributed by atoms with E-state index in [1.54, 1.807) is 6.08 Å². The van der Waals surface area contributed by atoms with Crippen molar-refractivity contribution in [2.45, 2.75) is 58.2 Å². The van der Waals surface area contributed by atoms with E-state index < -0.39 is 17.7 Å². The Morgan fingerprint density at radius 2 is 1.81 bits per heavy atom. The lowest BCUT2D eigenvalue weighted by Gasteiger charge is -2.45. The van der Waals surface area contributed by atoms with Gasteiger partial charge in [0.05, 0.1) is 6.61 Å². The summed E-state index contributed by atoms with van der Waals surface area (Å²) in [6.45, 7) is 6.75. The van der Waals surface area contributed by atoms with Crippen molar-refractivity contribution in [1.29, 1.82) is 0 Å². The molecule has 5 heteroatoms. The van der Waals surface area contributed by atoms with Crippen molar-refractivity contribution in [1.82, 2.24) is 4.90 Å². The molecule has 1 amide bonds. The van der Waals surface area contributed by atoms with Gasteiger partial charge in [-0.2, -0.15) is 0 Å². The average molecular weight is 371 g/mol. The molecule has 1 atom stereocenters. The zero-order chi connectivity index (χ0) is 19.7. The van der Waals surface area contributed by atoms with Crippen LogP contribution in [-0.4, -0.2) is 40.3 Å². The van der Waals surface area contributed by atoms with Crippen LogP contribution in [-0.2, 0) is 14.3 Å². The lowest BCUT2D eigenvalue weighted by Crippen LogP contribution is -2.55. The van der Waals surface area contributed by atoms with Crippen molar-refractivity contribution in [3.8, 4) is 0 Å². The van der Waals surface area contributed by atoms with Gasteiger partial charge in [-0.1, -0.05) is 51.1 Å². The van der Waals surface area contributed by atoms with E-state index in [0.29, 0.717) is 18.8 Å². The molecule has 1 aliphatic heterocycles. The maximum atomic E-state index is 13.0. The summed E-state index contributed by atoms with van der Waals surface area (Å²) < 4.78 is 5.99. The molecule has 1 spiro atoms. The van der Waals surface area contributed by atoms with E-state index in [1.165, 1.54) is 11.0 Å². The number of benzene rings is 1. The van der Waals surface area contributed by atoms with Gasteiger partial charge in [0, 0.05) is 6.08 Å². The number of amides is 1. The summed E-state index contributed by atoms with van der Waals surface area (Å²) in [5.41, 5.74) is 0.320. The molecule has 2 fully saturated rings. The summed E-state index contributed by atoms with van der Waals surface area (Å²) in [6.07, 6.45) is 6.43. The van der Waals surface area contributed by atoms with Gasteiger partial charge in [0.25, 0.3) is 0 Å². The molecule has 1 N–H and O–H groups in total. The van der Waals surface area contributed by atoms with E-state index in [4.69, 9.17) is 4.74 Å². The van der Waals surface area contributed by atoms with Crippen molar-refractivity contribution < 1.29 is 19.4 Å². The van der Waals surface area contributed by atoms with Crippen LogP contribution in [0.3, 0.4) is 0 Å². The van der Waals surface area contributed by atoms with E-state index >= 15 is 0 Å². The number of carboxylic acid groups (broad SMARTS) is 1. The number of carboxylic acids is 1. The van der Waals surface area contributed by atoms with E-state index in [9.17, 15) is 14.7 Å². The predicted molar refractivity (Wildman–Crippen MR) is 104 cm³/mol. The summed E-state index contributed by atoms with van der Waals surface area (Å²) in [5.74, 6) is -0.753. The topological polar surface area (TPSA) is 66.8 Å². The van der Waals surface area contributed by atoms with Gasteiger partial charge in [-0.05, 0) is 48.7 Å². The Labute approximate surface area is 161 Å². The maximum Gasteiger partial charge on any atom is 0.328 e. The monoisotopic (exact) mass is 371 g/mol. The molecule has 1 saturated heterocycles. The molecule has 0 unspecified atom stereocenters. The van der Waals surface area contributed by atoms with Crippen LogP contribution in [0.25, 0.3) is 6.08 Å². The molecular formula is C22H29NO4. The molecule has 0 bridgehead atoms. The molecule has 2 aliphatic rings. The van der Waals surface area contributed by atoms with E-state index in [1.807, 2.05) is 30.3 Å². The second-order valence-electron chi connectivity index (χ2n) is 8.70. The maximum absolute atomic E-state index is 13.0. The molecule has 1 aliphatic carbocycles. The fourth-order valence-electron chi connectivity index (χ4n) is 4.33. The van der Waals surface area contributed by atoms with Crippen molar-refractivity contribution in [3.05, 3.63) is 42.0 Å². The molecule has 146 valence electrons. The molecule has 1 aromatic rings. The number of nitrogens with zero attached hydrogens (tertiary/aromatic N) is 1. The quantitative estimate of drug-likeness (QED) is 0.817. The molecule has 0 radical (unpaired) electrons. The SMILES string of the molecule is CC(C)(C)C1CCC2(CC1)OC[C@@H](C(=O)O)N2C(=O)/C=C\c1ccccc1. The molecule has 1 heterocycles. The zero-order valence-electron chi connectivity index (χ0n) is 16.4. The molecule has 1 saturated carbocycles. The van der Waals surface area contributed by atoms with Gasteiger partial charge in [0.2, 0.25) is 5.91 Å². The Balaban J connectivity index is 1.81. The van der Waals surface area contributed by atoms with Crippen LogP contribution < -0.4 is 0 Å². The number of carbonyl (C=O) groups excluding carboxylic acids is 1. The first-order valence-corrected chi connectivity index (χ1v) is 9.66.